The van der Waals surface area contributed by atoms with E-state index in [9.17, 15) is 4.79 Å². The van der Waals surface area contributed by atoms with Gasteiger partial charge in [0, 0.05) is 0 Å². The van der Waals surface area contributed by atoms with Crippen molar-refractivity contribution in [3.8, 4) is 0 Å². The Morgan fingerprint density at radius 2 is 2.09 bits per heavy atom. The molecular weight excluding hydrogens is 138 g/mol. The lowest BCUT2D eigenvalue weighted by atomic mass is 9.95. The van der Waals surface area contributed by atoms with Crippen LogP contribution < -0.4 is 0 Å². The number of carbonyl (C=O) groups excluding carboxylic acids is 1. The molecule has 2 heteroatoms. The number of hydrogen-bond acceptors (Lipinski definition) is 2. The third-order valence-electron chi connectivity index (χ3n) is 1.77. The van der Waals surface area contributed by atoms with Gasteiger partial charge in [-0.15, -0.1) is 0 Å². The predicted octanol–water partition coefficient (Wildman–Crippen LogP) is 1.87. The van der Waals surface area contributed by atoms with E-state index in [-0.39, 0.29) is 5.78 Å². The van der Waals surface area contributed by atoms with E-state index in [2.05, 4.69) is 0 Å². The first-order chi connectivity index (χ1) is 5.15. The Morgan fingerprint density at radius 1 is 1.45 bits per heavy atom. The summed E-state index contributed by atoms with van der Waals surface area (Å²) in [4.78, 5) is 10.9. The molecule has 0 radical (unpaired) electrons. The summed E-state index contributed by atoms with van der Waals surface area (Å²) in [6.45, 7) is 3.75. The number of carbonyl (C=O) groups is 1. The summed E-state index contributed by atoms with van der Waals surface area (Å²) in [7, 11) is 0. The van der Waals surface area contributed by atoms with Gasteiger partial charge >= 0.3 is 0 Å². The zero-order valence-corrected chi connectivity index (χ0v) is 6.77. The molecular formula is C9H11NO. The largest absolute Gasteiger partial charge is 0.300 e. The molecule has 0 aromatic heterocycles. The Morgan fingerprint density at radius 3 is 2.64 bits per heavy atom. The van der Waals surface area contributed by atoms with E-state index >= 15 is 0 Å². The highest BCUT2D eigenvalue weighted by atomic mass is 16.1. The fraction of sp³-hybridized carbons (Fsp3) is 0.333. The maximum absolute atomic E-state index is 10.9. The van der Waals surface area contributed by atoms with Crippen LogP contribution in [0.4, 0.5) is 0 Å². The summed E-state index contributed by atoms with van der Waals surface area (Å²) in [5.74, 6) is 0.00958. The number of rotatable bonds is 1. The van der Waals surface area contributed by atoms with Gasteiger partial charge in [0.25, 0.3) is 0 Å². The molecule has 1 aliphatic rings. The molecule has 0 aromatic rings. The molecule has 0 aromatic carbocycles. The van der Waals surface area contributed by atoms with Crippen LogP contribution in [0.5, 0.6) is 0 Å². The second-order valence-corrected chi connectivity index (χ2v) is 2.63. The van der Waals surface area contributed by atoms with Gasteiger partial charge in [-0.05, 0) is 36.6 Å². The smallest absolute Gasteiger partial charge is 0.179 e. The Hall–Kier alpha value is -1.18. The van der Waals surface area contributed by atoms with Crippen molar-refractivity contribution in [1.29, 1.82) is 5.41 Å². The van der Waals surface area contributed by atoms with Crippen molar-refractivity contribution >= 4 is 11.5 Å². The van der Waals surface area contributed by atoms with Gasteiger partial charge in [0.05, 0.1) is 5.71 Å². The third-order valence-corrected chi connectivity index (χ3v) is 1.77. The van der Waals surface area contributed by atoms with Gasteiger partial charge in [0.15, 0.2) is 5.78 Å². The lowest BCUT2D eigenvalue weighted by molar-refractivity contribution is -0.110. The molecule has 0 saturated heterocycles. The Balaban J connectivity index is 3.00. The van der Waals surface area contributed by atoms with E-state index in [4.69, 9.17) is 5.41 Å². The maximum atomic E-state index is 10.9. The summed E-state index contributed by atoms with van der Waals surface area (Å²) < 4.78 is 0. The van der Waals surface area contributed by atoms with Gasteiger partial charge in [0.1, 0.15) is 0 Å². The quantitative estimate of drug-likeness (QED) is 0.568. The molecule has 0 heterocycles. The van der Waals surface area contributed by atoms with Crippen molar-refractivity contribution in [2.75, 3.05) is 0 Å². The fourth-order valence-corrected chi connectivity index (χ4v) is 1.10. The molecule has 0 unspecified atom stereocenters. The van der Waals surface area contributed by atoms with Crippen LogP contribution >= 0.6 is 0 Å². The minimum absolute atomic E-state index is 0.00958. The van der Waals surface area contributed by atoms with Crippen molar-refractivity contribution < 1.29 is 4.79 Å². The van der Waals surface area contributed by atoms with E-state index < -0.39 is 0 Å². The zero-order chi connectivity index (χ0) is 8.43. The van der Waals surface area contributed by atoms with Crippen LogP contribution in [0.2, 0.25) is 0 Å². The Labute approximate surface area is 66.1 Å². The highest BCUT2D eigenvalue weighted by Gasteiger charge is 2.12. The molecule has 0 amide bonds. The van der Waals surface area contributed by atoms with Crippen molar-refractivity contribution in [3.05, 3.63) is 23.3 Å². The molecule has 0 spiro atoms. The van der Waals surface area contributed by atoms with Gasteiger partial charge in [-0.25, -0.2) is 0 Å². The van der Waals surface area contributed by atoms with Gasteiger partial charge in [-0.3, -0.25) is 4.79 Å². The molecule has 1 N–H and O–H groups in total. The average molecular weight is 149 g/mol. The summed E-state index contributed by atoms with van der Waals surface area (Å²) in [5, 5.41) is 7.55. The van der Waals surface area contributed by atoms with Crippen LogP contribution in [-0.4, -0.2) is 11.5 Å². The number of allylic oxidation sites excluding steroid dienone is 4. The van der Waals surface area contributed by atoms with Crippen LogP contribution in [0.1, 0.15) is 20.3 Å². The molecule has 0 fully saturated rings. The SMILES string of the molecule is CCC1=CC(=O)C=C(C)C1=N. The van der Waals surface area contributed by atoms with Crippen LogP contribution in [0, 0.1) is 5.41 Å². The minimum atomic E-state index is 0.00958. The van der Waals surface area contributed by atoms with E-state index in [0.717, 1.165) is 17.6 Å². The van der Waals surface area contributed by atoms with Gasteiger partial charge in [0.2, 0.25) is 0 Å². The van der Waals surface area contributed by atoms with Crippen molar-refractivity contribution in [2.24, 2.45) is 0 Å². The first-order valence-corrected chi connectivity index (χ1v) is 3.67. The lowest BCUT2D eigenvalue weighted by Gasteiger charge is -2.10. The first-order valence-electron chi connectivity index (χ1n) is 3.67. The molecule has 58 valence electrons. The average Bonchev–Trinajstić information content (AvgIpc) is 1.96. The predicted molar refractivity (Wildman–Crippen MR) is 44.9 cm³/mol. The van der Waals surface area contributed by atoms with Crippen molar-refractivity contribution in [2.45, 2.75) is 20.3 Å². The number of ketones is 1. The van der Waals surface area contributed by atoms with Crippen LogP contribution in [-0.2, 0) is 4.79 Å². The third kappa shape index (κ3) is 1.45. The van der Waals surface area contributed by atoms with E-state index in [1.54, 1.807) is 6.92 Å². The van der Waals surface area contributed by atoms with Crippen LogP contribution in [0.25, 0.3) is 0 Å². The van der Waals surface area contributed by atoms with Gasteiger partial charge < -0.3 is 5.41 Å². The van der Waals surface area contributed by atoms with E-state index in [1.165, 1.54) is 12.2 Å². The van der Waals surface area contributed by atoms with Crippen LogP contribution in [0.15, 0.2) is 23.3 Å². The molecule has 0 aliphatic heterocycles. The normalized spacial score (nSPS) is 18.0. The lowest BCUT2D eigenvalue weighted by Crippen LogP contribution is -2.10. The van der Waals surface area contributed by atoms with E-state index in [0.29, 0.717) is 5.71 Å². The first kappa shape index (κ1) is 7.92. The monoisotopic (exact) mass is 149 g/mol. The molecule has 0 atom stereocenters. The molecule has 11 heavy (non-hydrogen) atoms. The molecule has 0 bridgehead atoms. The summed E-state index contributed by atoms with van der Waals surface area (Å²) in [6, 6.07) is 0. The minimum Gasteiger partial charge on any atom is -0.300 e. The summed E-state index contributed by atoms with van der Waals surface area (Å²) in [6.07, 6.45) is 3.80. The summed E-state index contributed by atoms with van der Waals surface area (Å²) in [5.41, 5.74) is 2.12. The second-order valence-electron chi connectivity index (χ2n) is 2.63. The molecule has 1 rings (SSSR count). The van der Waals surface area contributed by atoms with Crippen molar-refractivity contribution in [1.82, 2.24) is 0 Å². The van der Waals surface area contributed by atoms with Crippen molar-refractivity contribution in [3.63, 3.8) is 0 Å². The summed E-state index contributed by atoms with van der Waals surface area (Å²) >= 11 is 0. The second kappa shape index (κ2) is 2.82. The Bertz CT molecular complexity index is 271. The molecule has 2 nitrogen and oxygen atoms in total. The molecule has 1 aliphatic carbocycles. The standard InChI is InChI=1S/C9H11NO/c1-3-7-5-8(11)4-6(2)9(7)10/h4-5,10H,3H2,1-2H3. The topological polar surface area (TPSA) is 40.9 Å². The maximum Gasteiger partial charge on any atom is 0.179 e. The highest BCUT2D eigenvalue weighted by molar-refractivity contribution is 6.21. The highest BCUT2D eigenvalue weighted by Crippen LogP contribution is 2.14. The zero-order valence-electron chi connectivity index (χ0n) is 6.77. The fourth-order valence-electron chi connectivity index (χ4n) is 1.10. The molecule has 0 saturated carbocycles. The van der Waals surface area contributed by atoms with Crippen LogP contribution in [0.3, 0.4) is 0 Å². The Kier molecular flexibility index (Phi) is 2.03. The van der Waals surface area contributed by atoms with Gasteiger partial charge in [-0.1, -0.05) is 6.92 Å². The number of hydrogen-bond donors (Lipinski definition) is 1. The van der Waals surface area contributed by atoms with Gasteiger partial charge in [-0.2, -0.15) is 0 Å². The van der Waals surface area contributed by atoms with E-state index in [1.807, 2.05) is 6.92 Å². The number of nitrogens with one attached hydrogen (secondary N) is 1.